The summed E-state index contributed by atoms with van der Waals surface area (Å²) in [5, 5.41) is 6.48. The highest BCUT2D eigenvalue weighted by Gasteiger charge is 2.42. The number of H-pyrrole nitrogens is 2. The topological polar surface area (TPSA) is 189 Å². The standard InChI is InChI=1S/C48H57N9O7/c1-8-30-32-21-29(42-49-24-34(52-42)36-11-9-19-55(36)44(58)39(25(2)3)53-47(60)62-6)16-18-35(32)57-41(30)31-17-15-28(22-38(31)64-46(57)27-13-14-27)33-23-50-43(51-33)37-12-10-20-56(37)45(59)40(26(4)5)54-48(61)63-7/h8,15-18,21-27,36-37,39-40,46H,1,9-14,19-20H2,2-7H3,(H,49,52)(H,50,51)(H,53,60)(H,54,61). The molecule has 5 unspecified atom stereocenters. The lowest BCUT2D eigenvalue weighted by Gasteiger charge is -2.31. The Bertz CT molecular complexity index is 2620. The first-order chi connectivity index (χ1) is 30.9. The van der Waals surface area contributed by atoms with Crippen LogP contribution < -0.4 is 15.4 Å². The average molecular weight is 872 g/mol. The van der Waals surface area contributed by atoms with E-state index >= 15 is 0 Å². The van der Waals surface area contributed by atoms with E-state index in [1.165, 1.54) is 14.2 Å². The second kappa shape index (κ2) is 17.2. The van der Waals surface area contributed by atoms with E-state index < -0.39 is 24.3 Å². The van der Waals surface area contributed by atoms with Gasteiger partial charge < -0.3 is 49.2 Å². The van der Waals surface area contributed by atoms with Gasteiger partial charge in [-0.3, -0.25) is 9.59 Å². The first-order valence-electron chi connectivity index (χ1n) is 22.4. The molecule has 9 rings (SSSR count). The van der Waals surface area contributed by atoms with E-state index in [0.29, 0.717) is 30.7 Å². The number of methoxy groups -OCH3 is 2. The van der Waals surface area contributed by atoms with Crippen LogP contribution in [-0.2, 0) is 19.1 Å². The van der Waals surface area contributed by atoms with Gasteiger partial charge in [-0.25, -0.2) is 19.6 Å². The van der Waals surface area contributed by atoms with Crippen molar-refractivity contribution in [2.24, 2.45) is 17.8 Å². The van der Waals surface area contributed by atoms with Gasteiger partial charge in [0.1, 0.15) is 29.5 Å². The average Bonchev–Trinajstić information content (AvgIpc) is 3.86. The van der Waals surface area contributed by atoms with Crippen molar-refractivity contribution in [1.29, 1.82) is 0 Å². The number of ether oxygens (including phenoxy) is 3. The Hall–Kier alpha value is -6.58. The molecule has 6 heterocycles. The van der Waals surface area contributed by atoms with Crippen molar-refractivity contribution in [3.63, 3.8) is 0 Å². The maximum Gasteiger partial charge on any atom is 0.407 e. The quantitative estimate of drug-likeness (QED) is 0.0960. The van der Waals surface area contributed by atoms with Crippen molar-refractivity contribution in [3.8, 4) is 39.7 Å². The number of alkyl carbamates (subject to hydrolysis) is 2. The third kappa shape index (κ3) is 7.66. The van der Waals surface area contributed by atoms with E-state index in [-0.39, 0.29) is 42.0 Å². The molecule has 0 radical (unpaired) electrons. The fraction of sp³-hybridized carbons (Fsp3) is 0.458. The van der Waals surface area contributed by atoms with Gasteiger partial charge in [0.05, 0.1) is 61.3 Å². The van der Waals surface area contributed by atoms with E-state index in [0.717, 1.165) is 94.5 Å². The molecule has 1 aliphatic carbocycles. The van der Waals surface area contributed by atoms with Gasteiger partial charge in [-0.2, -0.15) is 0 Å². The van der Waals surface area contributed by atoms with Crippen LogP contribution in [0.3, 0.4) is 0 Å². The van der Waals surface area contributed by atoms with Gasteiger partial charge in [0.2, 0.25) is 11.8 Å². The summed E-state index contributed by atoms with van der Waals surface area (Å²) >= 11 is 0. The zero-order valence-electron chi connectivity index (χ0n) is 37.3. The highest BCUT2D eigenvalue weighted by atomic mass is 16.5. The summed E-state index contributed by atoms with van der Waals surface area (Å²) in [7, 11) is 2.59. The van der Waals surface area contributed by atoms with Crippen LogP contribution >= 0.6 is 0 Å². The number of rotatable bonds is 12. The van der Waals surface area contributed by atoms with Crippen LogP contribution in [0.1, 0.15) is 102 Å². The minimum absolute atomic E-state index is 0.121. The summed E-state index contributed by atoms with van der Waals surface area (Å²) in [4.78, 5) is 72.1. The Balaban J connectivity index is 1.000. The Morgan fingerprint density at radius 2 is 1.45 bits per heavy atom. The predicted molar refractivity (Wildman–Crippen MR) is 241 cm³/mol. The lowest BCUT2D eigenvalue weighted by Crippen LogP contribution is -2.51. The molecular formula is C48H57N9O7. The molecule has 4 amide bonds. The summed E-state index contributed by atoms with van der Waals surface area (Å²) < 4.78 is 18.9. The number of benzene rings is 2. The number of hydrogen-bond acceptors (Lipinski definition) is 9. The van der Waals surface area contributed by atoms with E-state index in [1.807, 2.05) is 56.0 Å². The molecule has 64 heavy (non-hydrogen) atoms. The zero-order valence-corrected chi connectivity index (χ0v) is 37.3. The molecule has 3 fully saturated rings. The zero-order chi connectivity index (χ0) is 45.0. The molecule has 5 aromatic rings. The molecule has 4 N–H and O–H groups in total. The van der Waals surface area contributed by atoms with E-state index in [9.17, 15) is 19.2 Å². The highest BCUT2D eigenvalue weighted by Crippen LogP contribution is 2.53. The molecule has 16 heteroatoms. The van der Waals surface area contributed by atoms with Crippen molar-refractivity contribution in [2.75, 3.05) is 27.3 Å². The SMILES string of the molecule is C=Cc1c2n(c3ccc(-c4ncc(C5CCCN5C(=O)C(NC(=O)OC)C(C)C)[nH]4)cc13)C(C1CC1)Oc1cc(-c3cnc(C4CCCN4C(=O)C(NC(=O)OC)C(C)C)[nH]3)ccc1-2. The van der Waals surface area contributed by atoms with E-state index in [2.05, 4.69) is 68.1 Å². The number of imidazole rings is 2. The summed E-state index contributed by atoms with van der Waals surface area (Å²) in [6.45, 7) is 13.1. The van der Waals surface area contributed by atoms with E-state index in [1.54, 1.807) is 0 Å². The molecule has 336 valence electrons. The van der Waals surface area contributed by atoms with Crippen LogP contribution in [0.25, 0.3) is 50.9 Å². The molecular weight excluding hydrogens is 815 g/mol. The lowest BCUT2D eigenvalue weighted by molar-refractivity contribution is -0.136. The highest BCUT2D eigenvalue weighted by molar-refractivity contribution is 6.01. The third-order valence-electron chi connectivity index (χ3n) is 13.3. The second-order valence-electron chi connectivity index (χ2n) is 18.1. The summed E-state index contributed by atoms with van der Waals surface area (Å²) in [6.07, 6.45) is 9.44. The van der Waals surface area contributed by atoms with Crippen LogP contribution in [0.15, 0.2) is 55.4 Å². The largest absolute Gasteiger partial charge is 0.469 e. The van der Waals surface area contributed by atoms with Crippen molar-refractivity contribution in [3.05, 3.63) is 72.5 Å². The fourth-order valence-corrected chi connectivity index (χ4v) is 9.82. The van der Waals surface area contributed by atoms with Gasteiger partial charge in [0, 0.05) is 46.6 Å². The molecule has 0 spiro atoms. The van der Waals surface area contributed by atoms with Gasteiger partial charge in [-0.15, -0.1) is 0 Å². The Kier molecular flexibility index (Phi) is 11.5. The third-order valence-corrected chi connectivity index (χ3v) is 13.3. The first kappa shape index (κ1) is 42.7. The van der Waals surface area contributed by atoms with Gasteiger partial charge in [0.25, 0.3) is 0 Å². The van der Waals surface area contributed by atoms with Gasteiger partial charge in [0.15, 0.2) is 6.23 Å². The monoisotopic (exact) mass is 871 g/mol. The molecule has 2 saturated heterocycles. The molecule has 4 aliphatic rings. The summed E-state index contributed by atoms with van der Waals surface area (Å²) in [5.74, 6) is 2.00. The fourth-order valence-electron chi connectivity index (χ4n) is 9.82. The van der Waals surface area contributed by atoms with Crippen LogP contribution in [0.4, 0.5) is 9.59 Å². The molecule has 3 aromatic heterocycles. The normalized spacial score (nSPS) is 20.2. The second-order valence-corrected chi connectivity index (χ2v) is 18.1. The predicted octanol–water partition coefficient (Wildman–Crippen LogP) is 8.12. The summed E-state index contributed by atoms with van der Waals surface area (Å²) in [5.41, 5.74) is 7.56. The number of amides is 4. The number of nitrogens with one attached hydrogen (secondary N) is 4. The first-order valence-corrected chi connectivity index (χ1v) is 22.4. The smallest absolute Gasteiger partial charge is 0.407 e. The minimum Gasteiger partial charge on any atom is -0.469 e. The number of hydrogen-bond donors (Lipinski definition) is 4. The lowest BCUT2D eigenvalue weighted by atomic mass is 10.00. The molecule has 5 atom stereocenters. The maximum atomic E-state index is 13.8. The Morgan fingerprint density at radius 3 is 2.08 bits per heavy atom. The Morgan fingerprint density at radius 1 is 0.812 bits per heavy atom. The number of nitrogens with zero attached hydrogens (tertiary/aromatic N) is 5. The van der Waals surface area contributed by atoms with Crippen molar-refractivity contribution in [1.82, 2.24) is 44.9 Å². The van der Waals surface area contributed by atoms with Gasteiger partial charge in [-0.1, -0.05) is 46.4 Å². The number of carbonyl (C=O) groups is 4. The van der Waals surface area contributed by atoms with Crippen molar-refractivity contribution in [2.45, 2.75) is 96.6 Å². The van der Waals surface area contributed by atoms with Crippen molar-refractivity contribution < 1.29 is 33.4 Å². The van der Waals surface area contributed by atoms with Crippen LogP contribution in [0.2, 0.25) is 0 Å². The van der Waals surface area contributed by atoms with Crippen LogP contribution in [0, 0.1) is 17.8 Å². The molecule has 3 aliphatic heterocycles. The molecule has 1 saturated carbocycles. The van der Waals surface area contributed by atoms with Gasteiger partial charge >= 0.3 is 12.2 Å². The number of aromatic nitrogens is 5. The number of likely N-dealkylation sites (tertiary alicyclic amines) is 2. The number of carbonyl (C=O) groups excluding carboxylic acids is 4. The summed E-state index contributed by atoms with van der Waals surface area (Å²) in [6, 6.07) is 10.7. The molecule has 16 nitrogen and oxygen atoms in total. The van der Waals surface area contributed by atoms with Crippen LogP contribution in [0.5, 0.6) is 5.75 Å². The molecule has 0 bridgehead atoms. The van der Waals surface area contributed by atoms with Crippen LogP contribution in [-0.4, -0.2) is 97.7 Å². The van der Waals surface area contributed by atoms with Crippen molar-refractivity contribution >= 4 is 41.0 Å². The molecule has 2 aromatic carbocycles. The number of fused-ring (bicyclic) bond motifs is 5. The van der Waals surface area contributed by atoms with E-state index in [4.69, 9.17) is 24.2 Å². The van der Waals surface area contributed by atoms with Gasteiger partial charge in [-0.05, 0) is 80.7 Å². The minimum atomic E-state index is -0.713. The Labute approximate surface area is 372 Å². The maximum absolute atomic E-state index is 13.8. The number of aromatic amines is 2.